The molecule has 0 unspecified atom stereocenters. The van der Waals surface area contributed by atoms with Crippen molar-refractivity contribution in [3.63, 3.8) is 0 Å². The van der Waals surface area contributed by atoms with Crippen LogP contribution in [0.25, 0.3) is 0 Å². The van der Waals surface area contributed by atoms with Crippen LogP contribution in [0.2, 0.25) is 0 Å². The lowest BCUT2D eigenvalue weighted by molar-refractivity contribution is -0.140. The summed E-state index contributed by atoms with van der Waals surface area (Å²) in [5.74, 6) is 1.83. The highest BCUT2D eigenvalue weighted by molar-refractivity contribution is 7.99. The average molecular weight is 221 g/mol. The van der Waals surface area contributed by atoms with E-state index in [0.717, 1.165) is 24.5 Å². The highest BCUT2D eigenvalue weighted by Crippen LogP contribution is 1.99. The van der Waals surface area contributed by atoms with Crippen LogP contribution in [-0.2, 0) is 9.53 Å². The minimum Gasteiger partial charge on any atom is -0.469 e. The van der Waals surface area contributed by atoms with Gasteiger partial charge in [0.25, 0.3) is 0 Å². The van der Waals surface area contributed by atoms with Crippen LogP contribution < -0.4 is 5.32 Å². The molecule has 0 amide bonds. The molecule has 0 saturated heterocycles. The SMILES string of the molecule is COC(=O)CCNCCSCCCO. The van der Waals surface area contributed by atoms with Crippen LogP contribution >= 0.6 is 11.8 Å². The summed E-state index contributed by atoms with van der Waals surface area (Å²) >= 11 is 1.80. The number of thioether (sulfide) groups is 1. The zero-order valence-electron chi connectivity index (χ0n) is 8.62. The van der Waals surface area contributed by atoms with Crippen molar-refractivity contribution in [2.24, 2.45) is 0 Å². The van der Waals surface area contributed by atoms with Crippen molar-refractivity contribution >= 4 is 17.7 Å². The predicted molar refractivity (Wildman–Crippen MR) is 58.5 cm³/mol. The van der Waals surface area contributed by atoms with E-state index in [4.69, 9.17) is 5.11 Å². The maximum Gasteiger partial charge on any atom is 0.306 e. The van der Waals surface area contributed by atoms with Crippen LogP contribution in [0.1, 0.15) is 12.8 Å². The fourth-order valence-electron chi connectivity index (χ4n) is 0.831. The third-order valence-corrected chi connectivity index (χ3v) is 2.67. The molecule has 0 aliphatic rings. The number of carbonyl (C=O) groups excluding carboxylic acids is 1. The molecule has 0 spiro atoms. The molecule has 0 aromatic rings. The van der Waals surface area contributed by atoms with Gasteiger partial charge in [0.2, 0.25) is 0 Å². The molecule has 0 aliphatic carbocycles. The quantitative estimate of drug-likeness (QED) is 0.432. The van der Waals surface area contributed by atoms with E-state index < -0.39 is 0 Å². The van der Waals surface area contributed by atoms with Gasteiger partial charge in [-0.3, -0.25) is 4.79 Å². The van der Waals surface area contributed by atoms with Crippen LogP contribution in [0.4, 0.5) is 0 Å². The van der Waals surface area contributed by atoms with Gasteiger partial charge in [0.05, 0.1) is 13.5 Å². The van der Waals surface area contributed by atoms with Gasteiger partial charge in [-0.25, -0.2) is 0 Å². The fraction of sp³-hybridized carbons (Fsp3) is 0.889. The summed E-state index contributed by atoms with van der Waals surface area (Å²) in [6.45, 7) is 1.84. The minimum atomic E-state index is -0.176. The van der Waals surface area contributed by atoms with Crippen molar-refractivity contribution in [1.82, 2.24) is 5.32 Å². The summed E-state index contributed by atoms with van der Waals surface area (Å²) in [6.07, 6.45) is 1.28. The van der Waals surface area contributed by atoms with Gasteiger partial charge in [-0.1, -0.05) is 0 Å². The number of aliphatic hydroxyl groups excluding tert-OH is 1. The van der Waals surface area contributed by atoms with Crippen LogP contribution in [0.15, 0.2) is 0 Å². The van der Waals surface area contributed by atoms with E-state index in [1.807, 2.05) is 0 Å². The normalized spacial score (nSPS) is 10.1. The second-order valence-corrected chi connectivity index (χ2v) is 3.99. The van der Waals surface area contributed by atoms with E-state index >= 15 is 0 Å². The summed E-state index contributed by atoms with van der Waals surface area (Å²) in [7, 11) is 1.40. The van der Waals surface area contributed by atoms with Crippen molar-refractivity contribution in [1.29, 1.82) is 0 Å². The van der Waals surface area contributed by atoms with Crippen molar-refractivity contribution in [2.75, 3.05) is 38.3 Å². The Morgan fingerprint density at radius 3 is 2.86 bits per heavy atom. The van der Waals surface area contributed by atoms with Crippen LogP contribution in [0, 0.1) is 0 Å². The third kappa shape index (κ3) is 9.83. The molecule has 4 nitrogen and oxygen atoms in total. The molecule has 84 valence electrons. The number of carbonyl (C=O) groups is 1. The maximum absolute atomic E-state index is 10.7. The molecule has 0 saturated carbocycles. The number of hydrogen-bond acceptors (Lipinski definition) is 5. The zero-order valence-corrected chi connectivity index (χ0v) is 9.44. The lowest BCUT2D eigenvalue weighted by Crippen LogP contribution is -2.21. The van der Waals surface area contributed by atoms with Crippen molar-refractivity contribution in [2.45, 2.75) is 12.8 Å². The fourth-order valence-corrected chi connectivity index (χ4v) is 1.66. The lowest BCUT2D eigenvalue weighted by atomic mass is 10.4. The summed E-state index contributed by atoms with van der Waals surface area (Å²) in [5, 5.41) is 11.7. The number of hydrogen-bond donors (Lipinski definition) is 2. The van der Waals surface area contributed by atoms with Crippen LogP contribution in [-0.4, -0.2) is 49.4 Å². The molecule has 0 heterocycles. The minimum absolute atomic E-state index is 0.176. The molecule has 5 heteroatoms. The Balaban J connectivity index is 2.95. The lowest BCUT2D eigenvalue weighted by Gasteiger charge is -2.03. The number of esters is 1. The monoisotopic (exact) mass is 221 g/mol. The van der Waals surface area contributed by atoms with E-state index in [1.165, 1.54) is 7.11 Å². The van der Waals surface area contributed by atoms with E-state index in [9.17, 15) is 4.79 Å². The van der Waals surface area contributed by atoms with Gasteiger partial charge in [-0.2, -0.15) is 11.8 Å². The summed E-state index contributed by atoms with van der Waals surface area (Å²) in [6, 6.07) is 0. The Morgan fingerprint density at radius 1 is 1.43 bits per heavy atom. The number of rotatable bonds is 9. The molecular weight excluding hydrogens is 202 g/mol. The van der Waals surface area contributed by atoms with Crippen LogP contribution in [0.3, 0.4) is 0 Å². The highest BCUT2D eigenvalue weighted by Gasteiger charge is 1.97. The molecule has 0 aromatic heterocycles. The Hall–Kier alpha value is -0.260. The van der Waals surface area contributed by atoms with Gasteiger partial charge in [-0.05, 0) is 12.2 Å². The smallest absolute Gasteiger partial charge is 0.306 e. The second-order valence-electron chi connectivity index (χ2n) is 2.77. The van der Waals surface area contributed by atoms with Gasteiger partial charge in [0, 0.05) is 25.4 Å². The molecular formula is C9H19NO3S. The predicted octanol–water partition coefficient (Wildman–Crippen LogP) is 0.255. The number of ether oxygens (including phenoxy) is 1. The largest absolute Gasteiger partial charge is 0.469 e. The maximum atomic E-state index is 10.7. The summed E-state index contributed by atoms with van der Waals surface area (Å²) in [5.41, 5.74) is 0. The highest BCUT2D eigenvalue weighted by atomic mass is 32.2. The number of nitrogens with one attached hydrogen (secondary N) is 1. The van der Waals surface area contributed by atoms with Gasteiger partial charge in [0.1, 0.15) is 0 Å². The van der Waals surface area contributed by atoms with Crippen molar-refractivity contribution < 1.29 is 14.6 Å². The zero-order chi connectivity index (χ0) is 10.6. The molecule has 0 bridgehead atoms. The van der Waals surface area contributed by atoms with Crippen LogP contribution in [0.5, 0.6) is 0 Å². The van der Waals surface area contributed by atoms with E-state index in [-0.39, 0.29) is 12.6 Å². The third-order valence-electron chi connectivity index (χ3n) is 1.60. The van der Waals surface area contributed by atoms with Crippen molar-refractivity contribution in [3.05, 3.63) is 0 Å². The first-order chi connectivity index (χ1) is 6.81. The molecule has 0 fully saturated rings. The topological polar surface area (TPSA) is 58.6 Å². The molecule has 2 N–H and O–H groups in total. The van der Waals surface area contributed by atoms with E-state index in [2.05, 4.69) is 10.1 Å². The first-order valence-electron chi connectivity index (χ1n) is 4.77. The molecule has 0 aromatic carbocycles. The van der Waals surface area contributed by atoms with Crippen molar-refractivity contribution in [3.8, 4) is 0 Å². The Kier molecular flexibility index (Phi) is 10.6. The number of methoxy groups -OCH3 is 1. The Bertz CT molecular complexity index is 144. The average Bonchev–Trinajstić information content (AvgIpc) is 2.21. The standard InChI is InChI=1S/C9H19NO3S/c1-13-9(12)3-4-10-5-8-14-7-2-6-11/h10-11H,2-8H2,1H3. The van der Waals surface area contributed by atoms with E-state index in [1.54, 1.807) is 11.8 Å². The molecule has 0 rings (SSSR count). The Labute approximate surface area is 89.4 Å². The van der Waals surface area contributed by atoms with E-state index in [0.29, 0.717) is 13.0 Å². The number of aliphatic hydroxyl groups is 1. The summed E-state index contributed by atoms with van der Waals surface area (Å²) < 4.78 is 4.50. The first-order valence-corrected chi connectivity index (χ1v) is 5.93. The second kappa shape index (κ2) is 10.8. The van der Waals surface area contributed by atoms with Gasteiger partial charge in [-0.15, -0.1) is 0 Å². The molecule has 0 aliphatic heterocycles. The molecule has 0 atom stereocenters. The molecule has 14 heavy (non-hydrogen) atoms. The first kappa shape index (κ1) is 13.7. The Morgan fingerprint density at radius 2 is 2.21 bits per heavy atom. The van der Waals surface area contributed by atoms with Gasteiger partial charge < -0.3 is 15.2 Å². The van der Waals surface area contributed by atoms with Gasteiger partial charge in [0.15, 0.2) is 0 Å². The van der Waals surface area contributed by atoms with Gasteiger partial charge >= 0.3 is 5.97 Å². The molecule has 0 radical (unpaired) electrons. The summed E-state index contributed by atoms with van der Waals surface area (Å²) in [4.78, 5) is 10.7.